The molecule has 1 unspecified atom stereocenters. The van der Waals surface area contributed by atoms with Gasteiger partial charge >= 0.3 is 0 Å². The molecule has 0 N–H and O–H groups in total. The zero-order chi connectivity index (χ0) is 11.8. The van der Waals surface area contributed by atoms with E-state index in [0.717, 1.165) is 12.8 Å². The first kappa shape index (κ1) is 11.4. The third-order valence-electron chi connectivity index (χ3n) is 3.29. The molecule has 0 aromatic rings. The summed E-state index contributed by atoms with van der Waals surface area (Å²) in [5, 5.41) is 0. The largest absolute Gasteiger partial charge is 0.493 e. The van der Waals surface area contributed by atoms with E-state index < -0.39 is 5.60 Å². The predicted molar refractivity (Wildman–Crippen MR) is 60.9 cm³/mol. The molecule has 1 aliphatic heterocycles. The number of hydrogen-bond acceptors (Lipinski definition) is 3. The van der Waals surface area contributed by atoms with E-state index in [4.69, 9.17) is 9.47 Å². The molecular formula is C13H18O3. The lowest BCUT2D eigenvalue weighted by molar-refractivity contribution is -0.114. The van der Waals surface area contributed by atoms with Crippen molar-refractivity contribution in [2.24, 2.45) is 5.92 Å². The third-order valence-corrected chi connectivity index (χ3v) is 3.29. The van der Waals surface area contributed by atoms with Crippen molar-refractivity contribution in [2.45, 2.75) is 38.4 Å². The van der Waals surface area contributed by atoms with Crippen LogP contribution in [0.3, 0.4) is 0 Å². The highest BCUT2D eigenvalue weighted by atomic mass is 16.5. The molecule has 0 aromatic carbocycles. The van der Waals surface area contributed by atoms with Crippen molar-refractivity contribution in [3.63, 3.8) is 0 Å². The average molecular weight is 222 g/mol. The molecule has 16 heavy (non-hydrogen) atoms. The molecule has 2 aliphatic rings. The average Bonchev–Trinajstić information content (AvgIpc) is 2.67. The van der Waals surface area contributed by atoms with Crippen LogP contribution in [0.1, 0.15) is 26.7 Å². The monoisotopic (exact) mass is 222 g/mol. The SMILES string of the molecule is COC1=C[C@@]2(C=CC1=O)CCC(C(C)C)O2. The number of carbonyl (C=O) groups is 1. The topological polar surface area (TPSA) is 35.5 Å². The van der Waals surface area contributed by atoms with Crippen LogP contribution in [0, 0.1) is 5.92 Å². The first-order chi connectivity index (χ1) is 7.56. The molecular weight excluding hydrogens is 204 g/mol. The van der Waals surface area contributed by atoms with Crippen molar-refractivity contribution in [2.75, 3.05) is 7.11 Å². The van der Waals surface area contributed by atoms with E-state index in [0.29, 0.717) is 11.7 Å². The maximum absolute atomic E-state index is 11.4. The maximum atomic E-state index is 11.4. The Balaban J connectivity index is 2.19. The second kappa shape index (κ2) is 4.06. The van der Waals surface area contributed by atoms with Crippen LogP contribution < -0.4 is 0 Å². The van der Waals surface area contributed by atoms with Crippen LogP contribution in [-0.2, 0) is 14.3 Å². The summed E-state index contributed by atoms with van der Waals surface area (Å²) in [6, 6.07) is 0. The standard InChI is InChI=1S/C13H18O3/c1-9(2)11-5-7-13(16-11)6-4-10(14)12(8-13)15-3/h4,6,8-9,11H,5,7H2,1-3H3/t11?,13-/m1/s1. The normalized spacial score (nSPS) is 33.6. The summed E-state index contributed by atoms with van der Waals surface area (Å²) < 4.78 is 11.1. The lowest BCUT2D eigenvalue weighted by Gasteiger charge is -2.26. The predicted octanol–water partition coefficient (Wildman–Crippen LogP) is 2.23. The molecule has 0 amide bonds. The molecule has 0 aromatic heterocycles. The Bertz CT molecular complexity index is 354. The van der Waals surface area contributed by atoms with Gasteiger partial charge in [0.1, 0.15) is 5.60 Å². The Labute approximate surface area is 96.1 Å². The summed E-state index contributed by atoms with van der Waals surface area (Å²) in [5.74, 6) is 0.821. The molecule has 3 heteroatoms. The van der Waals surface area contributed by atoms with Gasteiger partial charge in [0.15, 0.2) is 5.76 Å². The van der Waals surface area contributed by atoms with Crippen LogP contribution in [0.2, 0.25) is 0 Å². The van der Waals surface area contributed by atoms with E-state index >= 15 is 0 Å². The van der Waals surface area contributed by atoms with Crippen molar-refractivity contribution in [1.82, 2.24) is 0 Å². The van der Waals surface area contributed by atoms with Gasteiger partial charge in [-0.15, -0.1) is 0 Å². The van der Waals surface area contributed by atoms with Gasteiger partial charge in [0.05, 0.1) is 13.2 Å². The fraction of sp³-hybridized carbons (Fsp3) is 0.615. The Hall–Kier alpha value is -1.09. The smallest absolute Gasteiger partial charge is 0.219 e. The summed E-state index contributed by atoms with van der Waals surface area (Å²) in [7, 11) is 1.52. The van der Waals surface area contributed by atoms with E-state index in [1.54, 1.807) is 6.08 Å². The molecule has 2 rings (SSSR count). The lowest BCUT2D eigenvalue weighted by Crippen LogP contribution is -2.30. The number of methoxy groups -OCH3 is 1. The van der Waals surface area contributed by atoms with Crippen molar-refractivity contribution in [3.05, 3.63) is 24.0 Å². The minimum Gasteiger partial charge on any atom is -0.493 e. The molecule has 0 bridgehead atoms. The van der Waals surface area contributed by atoms with E-state index in [2.05, 4.69) is 13.8 Å². The van der Waals surface area contributed by atoms with Crippen molar-refractivity contribution < 1.29 is 14.3 Å². The van der Waals surface area contributed by atoms with E-state index in [1.165, 1.54) is 7.11 Å². The summed E-state index contributed by atoms with van der Waals surface area (Å²) in [6.07, 6.45) is 7.46. The quantitative estimate of drug-likeness (QED) is 0.718. The number of ether oxygens (including phenoxy) is 2. The molecule has 88 valence electrons. The van der Waals surface area contributed by atoms with Crippen LogP contribution in [0.15, 0.2) is 24.0 Å². The highest BCUT2D eigenvalue weighted by Gasteiger charge is 2.40. The fourth-order valence-corrected chi connectivity index (χ4v) is 2.27. The first-order valence-corrected chi connectivity index (χ1v) is 5.74. The number of hydrogen-bond donors (Lipinski definition) is 0. The summed E-state index contributed by atoms with van der Waals surface area (Å²) >= 11 is 0. The minimum absolute atomic E-state index is 0.0790. The van der Waals surface area contributed by atoms with Gasteiger partial charge in [-0.2, -0.15) is 0 Å². The van der Waals surface area contributed by atoms with Crippen LogP contribution >= 0.6 is 0 Å². The Kier molecular flexibility index (Phi) is 2.89. The Morgan fingerprint density at radius 1 is 1.56 bits per heavy atom. The lowest BCUT2D eigenvalue weighted by atomic mass is 9.92. The van der Waals surface area contributed by atoms with Crippen LogP contribution in [-0.4, -0.2) is 24.6 Å². The second-order valence-corrected chi connectivity index (χ2v) is 4.80. The third kappa shape index (κ3) is 1.92. The number of allylic oxidation sites excluding steroid dienone is 1. The van der Waals surface area contributed by atoms with Gasteiger partial charge in [-0.25, -0.2) is 0 Å². The molecule has 1 spiro atoms. The van der Waals surface area contributed by atoms with E-state index in [9.17, 15) is 4.79 Å². The molecule has 1 fully saturated rings. The van der Waals surface area contributed by atoms with Crippen molar-refractivity contribution in [1.29, 1.82) is 0 Å². The molecule has 1 heterocycles. The van der Waals surface area contributed by atoms with Gasteiger partial charge in [-0.1, -0.05) is 13.8 Å². The summed E-state index contributed by atoms with van der Waals surface area (Å²) in [4.78, 5) is 11.4. The molecule has 2 atom stereocenters. The highest BCUT2D eigenvalue weighted by Crippen LogP contribution is 2.38. The summed E-state index contributed by atoms with van der Waals surface area (Å²) in [5.41, 5.74) is -0.409. The molecule has 0 saturated carbocycles. The fourth-order valence-electron chi connectivity index (χ4n) is 2.27. The number of carbonyl (C=O) groups excluding carboxylic acids is 1. The zero-order valence-corrected chi connectivity index (χ0v) is 10.0. The Morgan fingerprint density at radius 3 is 2.88 bits per heavy atom. The molecule has 1 saturated heterocycles. The van der Waals surface area contributed by atoms with Gasteiger partial charge in [0.2, 0.25) is 5.78 Å². The Morgan fingerprint density at radius 2 is 2.31 bits per heavy atom. The van der Waals surface area contributed by atoms with Crippen LogP contribution in [0.25, 0.3) is 0 Å². The number of ketones is 1. The molecule has 0 radical (unpaired) electrons. The maximum Gasteiger partial charge on any atom is 0.219 e. The van der Waals surface area contributed by atoms with Crippen LogP contribution in [0.5, 0.6) is 0 Å². The minimum atomic E-state index is -0.409. The van der Waals surface area contributed by atoms with E-state index in [-0.39, 0.29) is 11.9 Å². The summed E-state index contributed by atoms with van der Waals surface area (Å²) in [6.45, 7) is 4.31. The highest BCUT2D eigenvalue weighted by molar-refractivity contribution is 6.03. The molecule has 1 aliphatic carbocycles. The van der Waals surface area contributed by atoms with Crippen LogP contribution in [0.4, 0.5) is 0 Å². The zero-order valence-electron chi connectivity index (χ0n) is 10.0. The van der Waals surface area contributed by atoms with Gasteiger partial charge in [-0.05, 0) is 37.0 Å². The van der Waals surface area contributed by atoms with Crippen molar-refractivity contribution >= 4 is 5.78 Å². The van der Waals surface area contributed by atoms with E-state index in [1.807, 2.05) is 12.2 Å². The van der Waals surface area contributed by atoms with Gasteiger partial charge < -0.3 is 9.47 Å². The second-order valence-electron chi connectivity index (χ2n) is 4.80. The van der Waals surface area contributed by atoms with Gasteiger partial charge in [0, 0.05) is 0 Å². The first-order valence-electron chi connectivity index (χ1n) is 5.74. The van der Waals surface area contributed by atoms with Gasteiger partial charge in [0.25, 0.3) is 0 Å². The molecule has 3 nitrogen and oxygen atoms in total. The van der Waals surface area contributed by atoms with Crippen molar-refractivity contribution in [3.8, 4) is 0 Å². The number of rotatable bonds is 2. The van der Waals surface area contributed by atoms with Gasteiger partial charge in [-0.3, -0.25) is 4.79 Å².